The highest BCUT2D eigenvalue weighted by Crippen LogP contribution is 2.25. The normalized spacial score (nSPS) is 15.4. The monoisotopic (exact) mass is 345 g/mol. The number of hydrogen-bond acceptors (Lipinski definition) is 2. The zero-order valence-corrected chi connectivity index (χ0v) is 16.3. The predicted molar refractivity (Wildman–Crippen MR) is 106 cm³/mol. The lowest BCUT2D eigenvalue weighted by Gasteiger charge is -2.31. The van der Waals surface area contributed by atoms with Crippen LogP contribution in [0.15, 0.2) is 24.3 Å². The van der Waals surface area contributed by atoms with Gasteiger partial charge in [-0.05, 0) is 44.9 Å². The van der Waals surface area contributed by atoms with Gasteiger partial charge >= 0.3 is 6.03 Å². The molecule has 0 unspecified atom stereocenters. The summed E-state index contributed by atoms with van der Waals surface area (Å²) < 4.78 is 0. The number of carbonyl (C=O) groups excluding carboxylic acids is 1. The number of hydrogen-bond donors (Lipinski definition) is 1. The molecule has 0 spiro atoms. The third-order valence-corrected chi connectivity index (χ3v) is 5.33. The number of benzene rings is 1. The van der Waals surface area contributed by atoms with Gasteiger partial charge in [0.25, 0.3) is 0 Å². The Bertz CT molecular complexity index is 526. The van der Waals surface area contributed by atoms with E-state index in [9.17, 15) is 4.79 Å². The predicted octanol–water partition coefficient (Wildman–Crippen LogP) is 5.11. The van der Waals surface area contributed by atoms with Crippen LogP contribution in [0.1, 0.15) is 64.4 Å². The first kappa shape index (κ1) is 19.8. The Morgan fingerprint density at radius 3 is 2.56 bits per heavy atom. The molecule has 0 radical (unpaired) electrons. The van der Waals surface area contributed by atoms with E-state index in [0.717, 1.165) is 38.2 Å². The van der Waals surface area contributed by atoms with Gasteiger partial charge in [-0.15, -0.1) is 0 Å². The molecule has 0 aromatic heterocycles. The number of nitrogens with one attached hydrogen (secondary N) is 1. The van der Waals surface area contributed by atoms with Gasteiger partial charge in [0.1, 0.15) is 0 Å². The fraction of sp³-hybridized carbons (Fsp3) is 0.667. The number of anilines is 1. The summed E-state index contributed by atoms with van der Waals surface area (Å²) in [4.78, 5) is 16.9. The lowest BCUT2D eigenvalue weighted by Crippen LogP contribution is -2.36. The van der Waals surface area contributed by atoms with Crippen molar-refractivity contribution < 1.29 is 4.79 Å². The molecule has 1 aliphatic rings. The summed E-state index contributed by atoms with van der Waals surface area (Å²) in [5.74, 6) is 0. The number of rotatable bonds is 8. The van der Waals surface area contributed by atoms with Gasteiger partial charge in [0, 0.05) is 31.4 Å². The molecule has 4 nitrogen and oxygen atoms in total. The van der Waals surface area contributed by atoms with Crippen LogP contribution in [0, 0.1) is 0 Å². The molecule has 1 aromatic carbocycles. The first-order valence-electron chi connectivity index (χ1n) is 9.99. The van der Waals surface area contributed by atoms with E-state index in [4.69, 9.17) is 0 Å². The third kappa shape index (κ3) is 6.03. The highest BCUT2D eigenvalue weighted by molar-refractivity contribution is 5.90. The van der Waals surface area contributed by atoms with Crippen molar-refractivity contribution in [1.82, 2.24) is 9.80 Å². The number of para-hydroxylation sites is 1. The van der Waals surface area contributed by atoms with Gasteiger partial charge in [0.15, 0.2) is 0 Å². The van der Waals surface area contributed by atoms with Crippen LogP contribution in [0.5, 0.6) is 0 Å². The van der Waals surface area contributed by atoms with Crippen molar-refractivity contribution in [3.8, 4) is 0 Å². The van der Waals surface area contributed by atoms with Gasteiger partial charge in [-0.25, -0.2) is 4.79 Å². The number of amides is 2. The van der Waals surface area contributed by atoms with Gasteiger partial charge in [-0.3, -0.25) is 4.90 Å². The third-order valence-electron chi connectivity index (χ3n) is 5.33. The zero-order chi connectivity index (χ0) is 18.1. The topological polar surface area (TPSA) is 35.6 Å². The molecule has 0 saturated heterocycles. The van der Waals surface area contributed by atoms with E-state index < -0.39 is 0 Å². The lowest BCUT2D eigenvalue weighted by atomic mass is 9.94. The Kier molecular flexibility index (Phi) is 8.26. The highest BCUT2D eigenvalue weighted by Gasteiger charge is 2.19. The van der Waals surface area contributed by atoms with Crippen LogP contribution < -0.4 is 5.32 Å². The number of urea groups is 1. The second kappa shape index (κ2) is 10.4. The molecule has 4 heteroatoms. The average Bonchev–Trinajstić information content (AvgIpc) is 2.64. The van der Waals surface area contributed by atoms with E-state index in [0.29, 0.717) is 6.04 Å². The maximum Gasteiger partial charge on any atom is 0.321 e. The summed E-state index contributed by atoms with van der Waals surface area (Å²) in [7, 11) is 2.22. The summed E-state index contributed by atoms with van der Waals surface area (Å²) in [5, 5.41) is 3.14. The van der Waals surface area contributed by atoms with Crippen LogP contribution in [0.2, 0.25) is 0 Å². The van der Waals surface area contributed by atoms with Crippen LogP contribution >= 0.6 is 0 Å². The minimum atomic E-state index is 0.0173. The van der Waals surface area contributed by atoms with E-state index in [2.05, 4.69) is 36.3 Å². The van der Waals surface area contributed by atoms with Crippen molar-refractivity contribution in [3.63, 3.8) is 0 Å². The van der Waals surface area contributed by atoms with E-state index in [-0.39, 0.29) is 6.03 Å². The molecule has 1 saturated carbocycles. The highest BCUT2D eigenvalue weighted by atomic mass is 16.2. The summed E-state index contributed by atoms with van der Waals surface area (Å²) in [5.41, 5.74) is 2.15. The number of carbonyl (C=O) groups is 1. The van der Waals surface area contributed by atoms with Crippen LogP contribution in [0.25, 0.3) is 0 Å². The second-order valence-corrected chi connectivity index (χ2v) is 7.23. The van der Waals surface area contributed by atoms with E-state index in [1.165, 1.54) is 37.7 Å². The summed E-state index contributed by atoms with van der Waals surface area (Å²) >= 11 is 0. The average molecular weight is 346 g/mol. The Morgan fingerprint density at radius 1 is 1.16 bits per heavy atom. The van der Waals surface area contributed by atoms with Crippen molar-refractivity contribution in [1.29, 1.82) is 0 Å². The molecule has 1 aliphatic carbocycles. The van der Waals surface area contributed by atoms with Crippen molar-refractivity contribution >= 4 is 11.7 Å². The molecular formula is C21H35N3O. The Labute approximate surface area is 153 Å². The molecular weight excluding hydrogens is 310 g/mol. The van der Waals surface area contributed by atoms with Gasteiger partial charge in [0.2, 0.25) is 0 Å². The fourth-order valence-electron chi connectivity index (χ4n) is 3.65. The molecule has 1 N–H and O–H groups in total. The van der Waals surface area contributed by atoms with Crippen molar-refractivity contribution in [2.45, 2.75) is 71.4 Å². The standard InChI is InChI=1S/C21H35N3O/c1-4-6-16-24(5-2)21(25)22-20-15-11-10-12-18(20)17-23(3)19-13-8-7-9-14-19/h10-12,15,19H,4-9,13-14,16-17H2,1-3H3,(H,22,25). The summed E-state index contributed by atoms with van der Waals surface area (Å²) in [6, 6.07) is 8.92. The smallest absolute Gasteiger partial charge is 0.321 e. The Hall–Kier alpha value is -1.55. The maximum atomic E-state index is 12.6. The largest absolute Gasteiger partial charge is 0.325 e. The van der Waals surface area contributed by atoms with Crippen LogP contribution in [0.3, 0.4) is 0 Å². The van der Waals surface area contributed by atoms with E-state index in [1.807, 2.05) is 24.0 Å². The van der Waals surface area contributed by atoms with Crippen LogP contribution in [0.4, 0.5) is 10.5 Å². The molecule has 1 aromatic rings. The molecule has 0 atom stereocenters. The van der Waals surface area contributed by atoms with Gasteiger partial charge in [-0.1, -0.05) is 50.8 Å². The molecule has 25 heavy (non-hydrogen) atoms. The Balaban J connectivity index is 2.00. The minimum absolute atomic E-state index is 0.0173. The van der Waals surface area contributed by atoms with E-state index in [1.54, 1.807) is 0 Å². The molecule has 140 valence electrons. The number of nitrogens with zero attached hydrogens (tertiary/aromatic N) is 2. The van der Waals surface area contributed by atoms with Crippen molar-refractivity contribution in [2.75, 3.05) is 25.5 Å². The molecule has 0 bridgehead atoms. The molecule has 0 heterocycles. The van der Waals surface area contributed by atoms with Crippen LogP contribution in [-0.2, 0) is 6.54 Å². The summed E-state index contributed by atoms with van der Waals surface area (Å²) in [6.07, 6.45) is 8.81. The summed E-state index contributed by atoms with van der Waals surface area (Å²) in [6.45, 7) is 6.65. The maximum absolute atomic E-state index is 12.6. The quantitative estimate of drug-likeness (QED) is 0.711. The first-order chi connectivity index (χ1) is 12.2. The Morgan fingerprint density at radius 2 is 1.88 bits per heavy atom. The number of unbranched alkanes of at least 4 members (excludes halogenated alkanes) is 1. The SMILES string of the molecule is CCCCN(CC)C(=O)Nc1ccccc1CN(C)C1CCCCC1. The van der Waals surface area contributed by atoms with Crippen LogP contribution in [-0.4, -0.2) is 42.0 Å². The minimum Gasteiger partial charge on any atom is -0.325 e. The molecule has 2 rings (SSSR count). The van der Waals surface area contributed by atoms with E-state index >= 15 is 0 Å². The molecule has 2 amide bonds. The molecule has 1 fully saturated rings. The van der Waals surface area contributed by atoms with Gasteiger partial charge < -0.3 is 10.2 Å². The molecule has 0 aliphatic heterocycles. The first-order valence-corrected chi connectivity index (χ1v) is 9.99. The fourth-order valence-corrected chi connectivity index (χ4v) is 3.65. The second-order valence-electron chi connectivity index (χ2n) is 7.23. The lowest BCUT2D eigenvalue weighted by molar-refractivity contribution is 0.184. The zero-order valence-electron chi connectivity index (χ0n) is 16.3. The van der Waals surface area contributed by atoms with Gasteiger partial charge in [0.05, 0.1) is 0 Å². The van der Waals surface area contributed by atoms with Crippen molar-refractivity contribution in [3.05, 3.63) is 29.8 Å². The van der Waals surface area contributed by atoms with Gasteiger partial charge in [-0.2, -0.15) is 0 Å². The van der Waals surface area contributed by atoms with Crippen molar-refractivity contribution in [2.24, 2.45) is 0 Å².